The summed E-state index contributed by atoms with van der Waals surface area (Å²) in [6, 6.07) is 11.8. The minimum Gasteiger partial charge on any atom is -0.325 e. The van der Waals surface area contributed by atoms with Gasteiger partial charge >= 0.3 is 6.18 Å². The van der Waals surface area contributed by atoms with Gasteiger partial charge in [0.2, 0.25) is 5.91 Å². The number of halogens is 4. The molecule has 3 nitrogen and oxygen atoms in total. The van der Waals surface area contributed by atoms with Gasteiger partial charge in [-0.1, -0.05) is 41.9 Å². The van der Waals surface area contributed by atoms with E-state index in [0.717, 1.165) is 23.9 Å². The molecule has 0 aliphatic rings. The molecule has 0 spiro atoms. The number of carbonyl (C=O) groups is 2. The van der Waals surface area contributed by atoms with Crippen molar-refractivity contribution >= 4 is 40.7 Å². The summed E-state index contributed by atoms with van der Waals surface area (Å²) in [5.74, 6) is -0.570. The Morgan fingerprint density at radius 3 is 2.36 bits per heavy atom. The number of amides is 1. The topological polar surface area (TPSA) is 46.2 Å². The minimum atomic E-state index is -4.60. The van der Waals surface area contributed by atoms with Crippen LogP contribution >= 0.6 is 23.4 Å². The van der Waals surface area contributed by atoms with E-state index in [1.807, 2.05) is 0 Å². The summed E-state index contributed by atoms with van der Waals surface area (Å²) < 4.78 is 38.3. The predicted octanol–water partition coefficient (Wildman–Crippen LogP) is 4.91. The standard InChI is InChI=1S/C17H13ClF3NO2S/c18-14-7-6-12(8-13(14)17(19,20)21)22-16(24)10-25-9-15(23)11-4-2-1-3-5-11/h1-8H,9-10H2,(H,22,24). The van der Waals surface area contributed by atoms with Crippen LogP contribution in [0.5, 0.6) is 0 Å². The van der Waals surface area contributed by atoms with E-state index in [4.69, 9.17) is 11.6 Å². The second kappa shape index (κ2) is 8.40. The normalized spacial score (nSPS) is 11.2. The predicted molar refractivity (Wildman–Crippen MR) is 93.2 cm³/mol. The number of thioether (sulfide) groups is 1. The lowest BCUT2D eigenvalue weighted by Gasteiger charge is -2.11. The summed E-state index contributed by atoms with van der Waals surface area (Å²) >= 11 is 6.61. The van der Waals surface area contributed by atoms with Gasteiger partial charge in [-0.15, -0.1) is 11.8 Å². The number of alkyl halides is 3. The summed E-state index contributed by atoms with van der Waals surface area (Å²) in [5, 5.41) is 1.93. The number of benzene rings is 2. The highest BCUT2D eigenvalue weighted by atomic mass is 35.5. The van der Waals surface area contributed by atoms with Crippen molar-refractivity contribution < 1.29 is 22.8 Å². The lowest BCUT2D eigenvalue weighted by atomic mass is 10.2. The average Bonchev–Trinajstić information content (AvgIpc) is 2.56. The van der Waals surface area contributed by atoms with Crippen molar-refractivity contribution in [2.45, 2.75) is 6.18 Å². The lowest BCUT2D eigenvalue weighted by Crippen LogP contribution is -2.16. The van der Waals surface area contributed by atoms with E-state index < -0.39 is 22.7 Å². The SMILES string of the molecule is O=C(CSCC(=O)c1ccccc1)Nc1ccc(Cl)c(C(F)(F)F)c1. The third-order valence-corrected chi connectivity index (χ3v) is 4.38. The molecule has 1 N–H and O–H groups in total. The Morgan fingerprint density at radius 2 is 1.72 bits per heavy atom. The fraction of sp³-hybridized carbons (Fsp3) is 0.176. The summed E-state index contributed by atoms with van der Waals surface area (Å²) in [4.78, 5) is 23.7. The Labute approximate surface area is 151 Å². The Kier molecular flexibility index (Phi) is 6.50. The highest BCUT2D eigenvalue weighted by Crippen LogP contribution is 2.36. The molecule has 0 aliphatic carbocycles. The Hall–Kier alpha value is -1.99. The smallest absolute Gasteiger partial charge is 0.325 e. The first-order valence-electron chi connectivity index (χ1n) is 7.10. The first kappa shape index (κ1) is 19.3. The summed E-state index contributed by atoms with van der Waals surface area (Å²) in [5.41, 5.74) is -0.474. The number of Topliss-reactive ketones (excluding diaryl/α,β-unsaturated/α-hetero) is 1. The first-order valence-corrected chi connectivity index (χ1v) is 8.63. The molecule has 0 aliphatic heterocycles. The van der Waals surface area contributed by atoms with E-state index in [1.54, 1.807) is 30.3 Å². The molecule has 8 heteroatoms. The van der Waals surface area contributed by atoms with Crippen molar-refractivity contribution in [3.05, 3.63) is 64.7 Å². The minimum absolute atomic E-state index is 0.00305. The van der Waals surface area contributed by atoms with Crippen molar-refractivity contribution in [2.75, 3.05) is 16.8 Å². The molecule has 0 heterocycles. The van der Waals surface area contributed by atoms with Gasteiger partial charge in [-0.3, -0.25) is 9.59 Å². The van der Waals surface area contributed by atoms with Crippen LogP contribution in [0.1, 0.15) is 15.9 Å². The summed E-state index contributed by atoms with van der Waals surface area (Å²) in [6.07, 6.45) is -4.60. The summed E-state index contributed by atoms with van der Waals surface area (Å²) in [7, 11) is 0. The molecule has 25 heavy (non-hydrogen) atoms. The van der Waals surface area contributed by atoms with E-state index in [0.29, 0.717) is 5.56 Å². The van der Waals surface area contributed by atoms with Crippen LogP contribution in [-0.4, -0.2) is 23.2 Å². The van der Waals surface area contributed by atoms with Gasteiger partial charge in [-0.2, -0.15) is 13.2 Å². The quantitative estimate of drug-likeness (QED) is 0.716. The Morgan fingerprint density at radius 1 is 1.04 bits per heavy atom. The highest BCUT2D eigenvalue weighted by molar-refractivity contribution is 8.00. The van der Waals surface area contributed by atoms with Gasteiger partial charge in [-0.05, 0) is 18.2 Å². The molecule has 0 saturated carbocycles. The molecular formula is C17H13ClF3NO2S. The van der Waals surface area contributed by atoms with Gasteiger partial charge < -0.3 is 5.32 Å². The molecule has 0 fully saturated rings. The molecule has 0 saturated heterocycles. The number of nitrogens with one attached hydrogen (secondary N) is 1. The first-order chi connectivity index (χ1) is 11.8. The third kappa shape index (κ3) is 5.79. The Balaban J connectivity index is 1.88. The number of carbonyl (C=O) groups excluding carboxylic acids is 2. The lowest BCUT2D eigenvalue weighted by molar-refractivity contribution is -0.137. The fourth-order valence-electron chi connectivity index (χ4n) is 1.96. The van der Waals surface area contributed by atoms with Crippen LogP contribution in [0.15, 0.2) is 48.5 Å². The molecule has 2 rings (SSSR count). The number of hydrogen-bond acceptors (Lipinski definition) is 3. The van der Waals surface area contributed by atoms with Gasteiger partial charge in [-0.25, -0.2) is 0 Å². The van der Waals surface area contributed by atoms with Crippen LogP contribution in [0.3, 0.4) is 0 Å². The van der Waals surface area contributed by atoms with Crippen LogP contribution in [0.25, 0.3) is 0 Å². The van der Waals surface area contributed by atoms with Crippen LogP contribution in [0.2, 0.25) is 5.02 Å². The molecule has 2 aromatic rings. The Bertz CT molecular complexity index is 766. The number of hydrogen-bond donors (Lipinski definition) is 1. The van der Waals surface area contributed by atoms with Crippen molar-refractivity contribution in [3.8, 4) is 0 Å². The highest BCUT2D eigenvalue weighted by Gasteiger charge is 2.33. The maximum absolute atomic E-state index is 12.8. The van der Waals surface area contributed by atoms with Crippen LogP contribution in [0, 0.1) is 0 Å². The maximum Gasteiger partial charge on any atom is 0.417 e. The van der Waals surface area contributed by atoms with Crippen LogP contribution in [-0.2, 0) is 11.0 Å². The van der Waals surface area contributed by atoms with Gasteiger partial charge in [0.25, 0.3) is 0 Å². The molecule has 0 radical (unpaired) electrons. The zero-order chi connectivity index (χ0) is 18.4. The number of ketones is 1. The average molecular weight is 388 g/mol. The van der Waals surface area contributed by atoms with Crippen LogP contribution < -0.4 is 5.32 Å². The molecule has 0 unspecified atom stereocenters. The van der Waals surface area contributed by atoms with Crippen molar-refractivity contribution in [3.63, 3.8) is 0 Å². The molecule has 2 aromatic carbocycles. The largest absolute Gasteiger partial charge is 0.417 e. The molecule has 132 valence electrons. The van der Waals surface area contributed by atoms with Gasteiger partial charge in [0.15, 0.2) is 5.78 Å². The summed E-state index contributed by atoms with van der Waals surface area (Å²) in [6.45, 7) is 0. The monoisotopic (exact) mass is 387 g/mol. The zero-order valence-electron chi connectivity index (χ0n) is 12.8. The van der Waals surface area contributed by atoms with Crippen LogP contribution in [0.4, 0.5) is 18.9 Å². The van der Waals surface area contributed by atoms with E-state index >= 15 is 0 Å². The number of rotatable bonds is 6. The molecule has 0 bridgehead atoms. The molecule has 1 amide bonds. The number of anilines is 1. The van der Waals surface area contributed by atoms with Crippen molar-refractivity contribution in [1.82, 2.24) is 0 Å². The molecular weight excluding hydrogens is 375 g/mol. The van der Waals surface area contributed by atoms with Gasteiger partial charge in [0.05, 0.1) is 22.1 Å². The van der Waals surface area contributed by atoms with E-state index in [1.165, 1.54) is 6.07 Å². The second-order valence-electron chi connectivity index (χ2n) is 5.02. The van der Waals surface area contributed by atoms with Crippen molar-refractivity contribution in [1.29, 1.82) is 0 Å². The van der Waals surface area contributed by atoms with Gasteiger partial charge in [0.1, 0.15) is 0 Å². The third-order valence-electron chi connectivity index (χ3n) is 3.12. The zero-order valence-corrected chi connectivity index (χ0v) is 14.3. The van der Waals surface area contributed by atoms with Gasteiger partial charge in [0, 0.05) is 11.3 Å². The fourth-order valence-corrected chi connectivity index (χ4v) is 2.90. The van der Waals surface area contributed by atoms with E-state index in [-0.39, 0.29) is 23.0 Å². The van der Waals surface area contributed by atoms with E-state index in [2.05, 4.69) is 5.32 Å². The molecule has 0 atom stereocenters. The second-order valence-corrected chi connectivity index (χ2v) is 6.42. The maximum atomic E-state index is 12.8. The van der Waals surface area contributed by atoms with Crippen molar-refractivity contribution in [2.24, 2.45) is 0 Å². The van der Waals surface area contributed by atoms with E-state index in [9.17, 15) is 22.8 Å². The molecule has 0 aromatic heterocycles.